The lowest BCUT2D eigenvalue weighted by molar-refractivity contribution is 0.0944. The number of hydrogen-bond donors (Lipinski definition) is 1. The number of imidazole rings is 1. The van der Waals surface area contributed by atoms with E-state index in [-0.39, 0.29) is 5.91 Å². The van der Waals surface area contributed by atoms with E-state index in [1.165, 1.54) is 16.7 Å². The first-order chi connectivity index (χ1) is 11.1. The molecule has 0 spiro atoms. The number of nitrogens with one attached hydrogen (secondary N) is 1. The van der Waals surface area contributed by atoms with E-state index in [1.54, 1.807) is 20.1 Å². The molecule has 0 saturated carbocycles. The fourth-order valence-electron chi connectivity index (χ4n) is 2.42. The Labute approximate surface area is 132 Å². The molecule has 118 valence electrons. The average molecular weight is 313 g/mol. The molecule has 0 aliphatic rings. The van der Waals surface area contributed by atoms with Crippen molar-refractivity contribution in [3.05, 3.63) is 65.4 Å². The molecule has 0 bridgehead atoms. The lowest BCUT2D eigenvalue weighted by atomic mass is 10.2. The third kappa shape index (κ3) is 3.01. The van der Waals surface area contributed by atoms with Crippen LogP contribution in [-0.2, 0) is 6.54 Å². The molecule has 5 nitrogen and oxygen atoms in total. The van der Waals surface area contributed by atoms with Crippen LogP contribution in [0.1, 0.15) is 21.7 Å². The summed E-state index contributed by atoms with van der Waals surface area (Å²) in [5.74, 6) is 0.0451. The first kappa shape index (κ1) is 15.0. The molecule has 6 heteroatoms. The molecule has 0 saturated heterocycles. The van der Waals surface area contributed by atoms with Gasteiger partial charge < -0.3 is 10.1 Å². The number of pyridine rings is 1. The molecule has 0 aliphatic heterocycles. The zero-order valence-corrected chi connectivity index (χ0v) is 12.8. The molecule has 3 aromatic rings. The van der Waals surface area contributed by atoms with E-state index in [2.05, 4.69) is 10.3 Å². The average Bonchev–Trinajstić information content (AvgIpc) is 2.88. The number of hydrogen-bond acceptors (Lipinski definition) is 3. The van der Waals surface area contributed by atoms with Crippen LogP contribution in [-0.4, -0.2) is 22.4 Å². The Bertz CT molecular complexity index is 856. The number of ether oxygens (including phenoxy) is 1. The van der Waals surface area contributed by atoms with Crippen molar-refractivity contribution in [1.82, 2.24) is 14.7 Å². The van der Waals surface area contributed by atoms with E-state index in [0.29, 0.717) is 23.6 Å². The van der Waals surface area contributed by atoms with Gasteiger partial charge in [-0.3, -0.25) is 9.20 Å². The summed E-state index contributed by atoms with van der Waals surface area (Å²) in [7, 11) is 1.60. The first-order valence-electron chi connectivity index (χ1n) is 7.14. The summed E-state index contributed by atoms with van der Waals surface area (Å²) < 4.78 is 20.0. The van der Waals surface area contributed by atoms with Crippen LogP contribution in [0.2, 0.25) is 0 Å². The highest BCUT2D eigenvalue weighted by atomic mass is 19.1. The van der Waals surface area contributed by atoms with Gasteiger partial charge in [0.25, 0.3) is 5.91 Å². The Balaban J connectivity index is 1.80. The second kappa shape index (κ2) is 6.08. The van der Waals surface area contributed by atoms with Crippen molar-refractivity contribution in [1.29, 1.82) is 0 Å². The molecule has 0 fully saturated rings. The molecule has 3 rings (SSSR count). The maximum absolute atomic E-state index is 13.4. The van der Waals surface area contributed by atoms with Gasteiger partial charge in [0.15, 0.2) is 0 Å². The number of carbonyl (C=O) groups excluding carboxylic acids is 1. The highest BCUT2D eigenvalue weighted by molar-refractivity contribution is 5.94. The van der Waals surface area contributed by atoms with Crippen molar-refractivity contribution in [3.8, 4) is 5.75 Å². The SMILES string of the molecule is COc1ccc(CNC(=O)c2c(C)nc3ccc(F)cn23)cc1. The van der Waals surface area contributed by atoms with Gasteiger partial charge in [-0.15, -0.1) is 0 Å². The van der Waals surface area contributed by atoms with Gasteiger partial charge in [0.1, 0.15) is 22.9 Å². The number of benzene rings is 1. The van der Waals surface area contributed by atoms with Gasteiger partial charge in [0.05, 0.1) is 12.8 Å². The third-order valence-corrected chi connectivity index (χ3v) is 3.58. The maximum atomic E-state index is 13.4. The first-order valence-corrected chi connectivity index (χ1v) is 7.14. The fraction of sp³-hybridized carbons (Fsp3) is 0.176. The van der Waals surface area contributed by atoms with Gasteiger partial charge in [-0.25, -0.2) is 9.37 Å². The summed E-state index contributed by atoms with van der Waals surface area (Å²) >= 11 is 0. The van der Waals surface area contributed by atoms with Crippen LogP contribution in [0, 0.1) is 12.7 Å². The van der Waals surface area contributed by atoms with E-state index >= 15 is 0 Å². The van der Waals surface area contributed by atoms with E-state index < -0.39 is 5.82 Å². The predicted molar refractivity (Wildman–Crippen MR) is 84.1 cm³/mol. The number of rotatable bonds is 4. The van der Waals surface area contributed by atoms with Crippen molar-refractivity contribution in [2.24, 2.45) is 0 Å². The second-order valence-electron chi connectivity index (χ2n) is 5.15. The molecule has 0 radical (unpaired) electrons. The highest BCUT2D eigenvalue weighted by Gasteiger charge is 2.16. The molecule has 0 unspecified atom stereocenters. The van der Waals surface area contributed by atoms with Gasteiger partial charge >= 0.3 is 0 Å². The van der Waals surface area contributed by atoms with Crippen molar-refractivity contribution >= 4 is 11.6 Å². The maximum Gasteiger partial charge on any atom is 0.270 e. The Morgan fingerprint density at radius 2 is 2.00 bits per heavy atom. The normalized spacial score (nSPS) is 10.7. The van der Waals surface area contributed by atoms with E-state index in [1.807, 2.05) is 24.3 Å². The predicted octanol–water partition coefficient (Wildman–Crippen LogP) is 2.72. The largest absolute Gasteiger partial charge is 0.497 e. The molecule has 1 N–H and O–H groups in total. The minimum absolute atomic E-state index is 0.295. The number of nitrogens with zero attached hydrogens (tertiary/aromatic N) is 2. The summed E-state index contributed by atoms with van der Waals surface area (Å²) in [6.07, 6.45) is 1.26. The zero-order chi connectivity index (χ0) is 16.4. The van der Waals surface area contributed by atoms with Gasteiger partial charge in [-0.05, 0) is 36.8 Å². The van der Waals surface area contributed by atoms with E-state index in [4.69, 9.17) is 4.74 Å². The second-order valence-corrected chi connectivity index (χ2v) is 5.15. The molecule has 2 heterocycles. The lowest BCUT2D eigenvalue weighted by Gasteiger charge is -2.07. The van der Waals surface area contributed by atoms with E-state index in [0.717, 1.165) is 11.3 Å². The van der Waals surface area contributed by atoms with Gasteiger partial charge in [-0.1, -0.05) is 12.1 Å². The number of carbonyl (C=O) groups is 1. The van der Waals surface area contributed by atoms with Crippen LogP contribution in [0.15, 0.2) is 42.6 Å². The van der Waals surface area contributed by atoms with Crippen LogP contribution in [0.5, 0.6) is 5.75 Å². The van der Waals surface area contributed by atoms with Crippen molar-refractivity contribution in [2.75, 3.05) is 7.11 Å². The van der Waals surface area contributed by atoms with Crippen LogP contribution < -0.4 is 10.1 Å². The Hall–Kier alpha value is -2.89. The Morgan fingerprint density at radius 3 is 2.70 bits per heavy atom. The number of methoxy groups -OCH3 is 1. The van der Waals surface area contributed by atoms with Crippen LogP contribution in [0.25, 0.3) is 5.65 Å². The standard InChI is InChI=1S/C17H16FN3O2/c1-11-16(21-10-13(18)5-8-15(21)20-11)17(22)19-9-12-3-6-14(23-2)7-4-12/h3-8,10H,9H2,1-2H3,(H,19,22). The Kier molecular flexibility index (Phi) is 3.97. The molecule has 1 amide bonds. The molecule has 23 heavy (non-hydrogen) atoms. The smallest absolute Gasteiger partial charge is 0.270 e. The minimum atomic E-state index is -0.417. The fourth-order valence-corrected chi connectivity index (χ4v) is 2.42. The highest BCUT2D eigenvalue weighted by Crippen LogP contribution is 2.14. The number of fused-ring (bicyclic) bond motifs is 1. The van der Waals surface area contributed by atoms with E-state index in [9.17, 15) is 9.18 Å². The lowest BCUT2D eigenvalue weighted by Crippen LogP contribution is -2.25. The van der Waals surface area contributed by atoms with Crippen LogP contribution in [0.3, 0.4) is 0 Å². The summed E-state index contributed by atoms with van der Waals surface area (Å²) in [6, 6.07) is 10.3. The molecule has 2 aromatic heterocycles. The van der Waals surface area contributed by atoms with Gasteiger partial charge in [-0.2, -0.15) is 0 Å². The van der Waals surface area contributed by atoms with Crippen molar-refractivity contribution in [3.63, 3.8) is 0 Å². The third-order valence-electron chi connectivity index (χ3n) is 3.58. The monoisotopic (exact) mass is 313 g/mol. The number of aromatic nitrogens is 2. The van der Waals surface area contributed by atoms with Gasteiger partial charge in [0, 0.05) is 12.7 Å². The summed E-state index contributed by atoms with van der Waals surface area (Å²) in [4.78, 5) is 16.7. The van der Waals surface area contributed by atoms with Gasteiger partial charge in [0.2, 0.25) is 0 Å². The molecule has 0 aliphatic carbocycles. The summed E-state index contributed by atoms with van der Waals surface area (Å²) in [6.45, 7) is 2.10. The number of amides is 1. The molecule has 1 aromatic carbocycles. The van der Waals surface area contributed by atoms with Crippen molar-refractivity contribution in [2.45, 2.75) is 13.5 Å². The number of aryl methyl sites for hydroxylation is 1. The molecular weight excluding hydrogens is 297 g/mol. The summed E-state index contributed by atoms with van der Waals surface area (Å²) in [5, 5.41) is 2.83. The Morgan fingerprint density at radius 1 is 1.26 bits per heavy atom. The summed E-state index contributed by atoms with van der Waals surface area (Å²) in [5.41, 5.74) is 2.38. The topological polar surface area (TPSA) is 55.6 Å². The number of halogens is 1. The molecule has 0 atom stereocenters. The van der Waals surface area contributed by atoms with Crippen molar-refractivity contribution < 1.29 is 13.9 Å². The van der Waals surface area contributed by atoms with Crippen LogP contribution in [0.4, 0.5) is 4.39 Å². The van der Waals surface area contributed by atoms with Crippen LogP contribution >= 0.6 is 0 Å². The molecular formula is C17H16FN3O2. The quantitative estimate of drug-likeness (QED) is 0.806. The zero-order valence-electron chi connectivity index (χ0n) is 12.8. The minimum Gasteiger partial charge on any atom is -0.497 e.